The molecule has 0 aliphatic rings. The molecule has 0 N–H and O–H groups in total. The van der Waals surface area contributed by atoms with Crippen molar-refractivity contribution in [2.75, 3.05) is 0 Å². The molecule has 0 atom stereocenters. The van der Waals surface area contributed by atoms with Gasteiger partial charge in [-0.2, -0.15) is 0 Å². The number of aromatic nitrogens is 3. The van der Waals surface area contributed by atoms with E-state index in [0.717, 1.165) is 99.9 Å². The zero-order valence-electron chi connectivity index (χ0n) is 30.3. The molecule has 3 heterocycles. The predicted octanol–water partition coefficient (Wildman–Crippen LogP) is 13.8. The summed E-state index contributed by atoms with van der Waals surface area (Å²) in [7, 11) is 0. The van der Waals surface area contributed by atoms with Gasteiger partial charge in [0.2, 0.25) is 0 Å². The van der Waals surface area contributed by atoms with E-state index in [1.807, 2.05) is 91.0 Å². The number of halogens is 3. The highest BCUT2D eigenvalue weighted by Crippen LogP contribution is 2.40. The average Bonchev–Trinajstić information content (AvgIpc) is 3.26. The molecule has 0 bridgehead atoms. The zero-order chi connectivity index (χ0) is 38.5. The summed E-state index contributed by atoms with van der Waals surface area (Å²) in [5.74, 6) is -0.915. The van der Waals surface area contributed by atoms with Gasteiger partial charge in [0, 0.05) is 32.8 Å². The molecule has 3 aromatic heterocycles. The van der Waals surface area contributed by atoms with Crippen molar-refractivity contribution >= 4 is 32.7 Å². The number of hydrogen-bond donors (Lipinski definition) is 0. The summed E-state index contributed by atoms with van der Waals surface area (Å²) < 4.78 is 42.4. The van der Waals surface area contributed by atoms with Crippen LogP contribution in [-0.4, -0.2) is 15.0 Å². The van der Waals surface area contributed by atoms with Crippen molar-refractivity contribution in [1.29, 1.82) is 0 Å². The molecule has 0 fully saturated rings. The Morgan fingerprint density at radius 2 is 0.526 bits per heavy atom. The molecule has 0 amide bonds. The van der Waals surface area contributed by atoms with Crippen LogP contribution in [0.1, 0.15) is 0 Å². The first-order valence-corrected chi connectivity index (χ1v) is 18.6. The molecular formula is C51H30F3N3. The number of hydrogen-bond acceptors (Lipinski definition) is 3. The highest BCUT2D eigenvalue weighted by atomic mass is 19.1. The number of benzene rings is 7. The minimum atomic E-state index is -0.305. The van der Waals surface area contributed by atoms with E-state index in [1.54, 1.807) is 36.4 Å². The maximum Gasteiger partial charge on any atom is 0.123 e. The van der Waals surface area contributed by atoms with Gasteiger partial charge in [-0.15, -0.1) is 0 Å². The summed E-state index contributed by atoms with van der Waals surface area (Å²) in [6.45, 7) is 0. The normalized spacial score (nSPS) is 11.4. The molecule has 0 aliphatic carbocycles. The zero-order valence-corrected chi connectivity index (χ0v) is 30.3. The first-order valence-electron chi connectivity index (χ1n) is 18.6. The SMILES string of the molecule is Fc1ccc(-c2cc(-c3cc(-c4cc(-c5ccc(F)cc5)c5ccccc5n4)cc(-c4cc(-c5ccc(F)cc5)c5ccccc5n4)c3)nc3ccccc23)cc1. The van der Waals surface area contributed by atoms with Crippen molar-refractivity contribution in [3.63, 3.8) is 0 Å². The van der Waals surface area contributed by atoms with Crippen LogP contribution in [-0.2, 0) is 0 Å². The van der Waals surface area contributed by atoms with E-state index in [-0.39, 0.29) is 17.5 Å². The third kappa shape index (κ3) is 6.47. The fraction of sp³-hybridized carbons (Fsp3) is 0. The lowest BCUT2D eigenvalue weighted by atomic mass is 9.93. The highest BCUT2D eigenvalue weighted by molar-refractivity contribution is 6.00. The number of nitrogens with zero attached hydrogens (tertiary/aromatic N) is 3. The van der Waals surface area contributed by atoms with Crippen molar-refractivity contribution < 1.29 is 13.2 Å². The van der Waals surface area contributed by atoms with Crippen molar-refractivity contribution in [3.8, 4) is 67.2 Å². The Kier molecular flexibility index (Phi) is 8.37. The van der Waals surface area contributed by atoms with Crippen molar-refractivity contribution in [2.24, 2.45) is 0 Å². The molecule has 0 aliphatic heterocycles. The molecule has 10 rings (SSSR count). The molecule has 0 spiro atoms. The second-order valence-corrected chi connectivity index (χ2v) is 14.0. The summed E-state index contributed by atoms with van der Waals surface area (Å²) in [5.41, 5.74) is 12.4. The lowest BCUT2D eigenvalue weighted by Gasteiger charge is -2.16. The molecule has 10 aromatic rings. The Labute approximate surface area is 326 Å². The van der Waals surface area contributed by atoms with Crippen LogP contribution in [0.25, 0.3) is 99.9 Å². The molecular weight excluding hydrogens is 712 g/mol. The van der Waals surface area contributed by atoms with E-state index in [1.165, 1.54) is 36.4 Å². The van der Waals surface area contributed by atoms with E-state index >= 15 is 0 Å². The number of pyridine rings is 3. The minimum Gasteiger partial charge on any atom is -0.248 e. The van der Waals surface area contributed by atoms with Crippen LogP contribution >= 0.6 is 0 Å². The molecule has 0 unspecified atom stereocenters. The number of rotatable bonds is 6. The summed E-state index contributed by atoms with van der Waals surface area (Å²) in [6.07, 6.45) is 0. The summed E-state index contributed by atoms with van der Waals surface area (Å²) in [4.78, 5) is 15.5. The molecule has 6 heteroatoms. The Bertz CT molecular complexity index is 2790. The maximum absolute atomic E-state index is 14.1. The Morgan fingerprint density at radius 3 is 0.807 bits per heavy atom. The standard InChI is InChI=1S/C51H30F3N3/c52-37-19-13-31(14-20-37)43-28-49(55-46-10-4-1-7-40(43)46)34-25-35(50-29-44(32-15-21-38(53)22-16-32)41-8-2-5-11-47(41)56-50)27-36(26-34)51-30-45(33-17-23-39(54)24-18-33)42-9-3-6-12-48(42)57-51/h1-30H. The van der Waals surface area contributed by atoms with Gasteiger partial charge in [0.15, 0.2) is 0 Å². The molecule has 270 valence electrons. The van der Waals surface area contributed by atoms with E-state index in [0.29, 0.717) is 0 Å². The maximum atomic E-state index is 14.1. The van der Waals surface area contributed by atoms with Crippen molar-refractivity contribution in [3.05, 3.63) is 199 Å². The molecule has 7 aromatic carbocycles. The van der Waals surface area contributed by atoms with Crippen molar-refractivity contribution in [2.45, 2.75) is 0 Å². The van der Waals surface area contributed by atoms with E-state index in [4.69, 9.17) is 15.0 Å². The second-order valence-electron chi connectivity index (χ2n) is 14.0. The van der Waals surface area contributed by atoms with Gasteiger partial charge in [-0.25, -0.2) is 28.1 Å². The fourth-order valence-electron chi connectivity index (χ4n) is 7.65. The third-order valence-corrected chi connectivity index (χ3v) is 10.4. The topological polar surface area (TPSA) is 38.7 Å². The van der Waals surface area contributed by atoms with Gasteiger partial charge in [0.1, 0.15) is 17.5 Å². The number of fused-ring (bicyclic) bond motifs is 3. The first kappa shape index (κ1) is 34.1. The summed E-state index contributed by atoms with van der Waals surface area (Å²) in [6, 6.07) is 55.8. The van der Waals surface area contributed by atoms with Crippen LogP contribution < -0.4 is 0 Å². The first-order chi connectivity index (χ1) is 27.9. The lowest BCUT2D eigenvalue weighted by molar-refractivity contribution is 0.627. The second kappa shape index (κ2) is 14.0. The Balaban J connectivity index is 1.24. The van der Waals surface area contributed by atoms with E-state index in [9.17, 15) is 13.2 Å². The quantitative estimate of drug-likeness (QED) is 0.170. The van der Waals surface area contributed by atoms with Gasteiger partial charge in [0.05, 0.1) is 33.6 Å². The van der Waals surface area contributed by atoms with Crippen LogP contribution in [0.3, 0.4) is 0 Å². The van der Waals surface area contributed by atoms with Crippen LogP contribution in [0.5, 0.6) is 0 Å². The van der Waals surface area contributed by atoms with Crippen LogP contribution in [0.4, 0.5) is 13.2 Å². The Morgan fingerprint density at radius 1 is 0.263 bits per heavy atom. The highest BCUT2D eigenvalue weighted by Gasteiger charge is 2.17. The lowest BCUT2D eigenvalue weighted by Crippen LogP contribution is -1.95. The van der Waals surface area contributed by atoms with E-state index in [2.05, 4.69) is 18.2 Å². The van der Waals surface area contributed by atoms with E-state index < -0.39 is 0 Å². The third-order valence-electron chi connectivity index (χ3n) is 10.4. The molecule has 0 saturated carbocycles. The molecule has 0 saturated heterocycles. The van der Waals surface area contributed by atoms with Gasteiger partial charge in [-0.05, 0) is 124 Å². The van der Waals surface area contributed by atoms with Gasteiger partial charge in [-0.3, -0.25) is 0 Å². The average molecular weight is 742 g/mol. The smallest absolute Gasteiger partial charge is 0.123 e. The van der Waals surface area contributed by atoms with Gasteiger partial charge >= 0.3 is 0 Å². The summed E-state index contributed by atoms with van der Waals surface area (Å²) in [5, 5.41) is 2.85. The Hall–Kier alpha value is -7.44. The largest absolute Gasteiger partial charge is 0.248 e. The van der Waals surface area contributed by atoms with Gasteiger partial charge in [0.25, 0.3) is 0 Å². The van der Waals surface area contributed by atoms with Gasteiger partial charge < -0.3 is 0 Å². The van der Waals surface area contributed by atoms with Crippen LogP contribution in [0, 0.1) is 17.5 Å². The number of para-hydroxylation sites is 3. The molecule has 57 heavy (non-hydrogen) atoms. The summed E-state index contributed by atoms with van der Waals surface area (Å²) >= 11 is 0. The predicted molar refractivity (Wildman–Crippen MR) is 225 cm³/mol. The van der Waals surface area contributed by atoms with Crippen LogP contribution in [0.15, 0.2) is 182 Å². The van der Waals surface area contributed by atoms with Crippen molar-refractivity contribution in [1.82, 2.24) is 15.0 Å². The van der Waals surface area contributed by atoms with Crippen LogP contribution in [0.2, 0.25) is 0 Å². The molecule has 0 radical (unpaired) electrons. The molecule has 3 nitrogen and oxygen atoms in total. The fourth-order valence-corrected chi connectivity index (χ4v) is 7.65. The monoisotopic (exact) mass is 741 g/mol. The minimum absolute atomic E-state index is 0.305. The van der Waals surface area contributed by atoms with Gasteiger partial charge in [-0.1, -0.05) is 91.0 Å².